The number of benzene rings is 2. The molecule has 0 heterocycles. The molecule has 2 aromatic carbocycles. The molecule has 2 aromatic rings. The van der Waals surface area contributed by atoms with Gasteiger partial charge in [-0.05, 0) is 55.2 Å². The van der Waals surface area contributed by atoms with Crippen molar-refractivity contribution in [1.82, 2.24) is 0 Å². The summed E-state index contributed by atoms with van der Waals surface area (Å²) in [7, 11) is 0. The summed E-state index contributed by atoms with van der Waals surface area (Å²) in [5, 5.41) is 12.2. The summed E-state index contributed by atoms with van der Waals surface area (Å²) in [5.74, 6) is 0.386. The van der Waals surface area contributed by atoms with Crippen molar-refractivity contribution in [3.63, 3.8) is 0 Å². The van der Waals surface area contributed by atoms with Crippen LogP contribution in [-0.4, -0.2) is 12.5 Å². The molecule has 1 amide bonds. The van der Waals surface area contributed by atoms with E-state index in [1.165, 1.54) is 0 Å². The SMILES string of the molecule is CCCCCOc1ccc(/C=C(\C#N)C(=O)Nc2c(C)cccc2C)cc1. The Morgan fingerprint density at radius 3 is 2.37 bits per heavy atom. The Kier molecular flexibility index (Phi) is 7.63. The highest BCUT2D eigenvalue weighted by Gasteiger charge is 2.12. The number of aryl methyl sites for hydroxylation is 2. The van der Waals surface area contributed by atoms with Crippen molar-refractivity contribution in [3.05, 3.63) is 64.7 Å². The van der Waals surface area contributed by atoms with Crippen molar-refractivity contribution >= 4 is 17.7 Å². The summed E-state index contributed by atoms with van der Waals surface area (Å²) in [6, 6.07) is 15.2. The predicted molar refractivity (Wildman–Crippen MR) is 110 cm³/mol. The molecule has 4 nitrogen and oxygen atoms in total. The van der Waals surface area contributed by atoms with Crippen LogP contribution in [0.1, 0.15) is 42.9 Å². The van der Waals surface area contributed by atoms with E-state index in [0.29, 0.717) is 6.61 Å². The van der Waals surface area contributed by atoms with Gasteiger partial charge in [0.05, 0.1) is 6.61 Å². The molecule has 0 radical (unpaired) electrons. The van der Waals surface area contributed by atoms with Crippen molar-refractivity contribution in [2.24, 2.45) is 0 Å². The van der Waals surface area contributed by atoms with Crippen molar-refractivity contribution in [2.75, 3.05) is 11.9 Å². The third kappa shape index (κ3) is 6.00. The van der Waals surface area contributed by atoms with Gasteiger partial charge in [0.25, 0.3) is 5.91 Å². The lowest BCUT2D eigenvalue weighted by atomic mass is 10.1. The van der Waals surface area contributed by atoms with Gasteiger partial charge in [0, 0.05) is 5.69 Å². The number of anilines is 1. The normalized spacial score (nSPS) is 11.0. The minimum atomic E-state index is -0.408. The standard InChI is InChI=1S/C23H26N2O2/c1-4-5-6-14-27-21-12-10-19(11-13-21)15-20(16-24)23(26)25-22-17(2)8-7-9-18(22)3/h7-13,15H,4-6,14H2,1-3H3,(H,25,26)/b20-15+. The van der Waals surface area contributed by atoms with Gasteiger partial charge in [-0.25, -0.2) is 0 Å². The molecule has 0 spiro atoms. The van der Waals surface area contributed by atoms with E-state index in [9.17, 15) is 10.1 Å². The zero-order valence-electron chi connectivity index (χ0n) is 16.2. The van der Waals surface area contributed by atoms with E-state index in [0.717, 1.165) is 47.4 Å². The lowest BCUT2D eigenvalue weighted by Crippen LogP contribution is -2.15. The Labute approximate surface area is 161 Å². The van der Waals surface area contributed by atoms with Crippen LogP contribution in [0.5, 0.6) is 5.75 Å². The molecule has 0 aliphatic carbocycles. The second-order valence-corrected chi connectivity index (χ2v) is 6.52. The van der Waals surface area contributed by atoms with Gasteiger partial charge in [-0.1, -0.05) is 50.1 Å². The Morgan fingerprint density at radius 2 is 1.78 bits per heavy atom. The summed E-state index contributed by atoms with van der Waals surface area (Å²) in [5.41, 5.74) is 3.52. The van der Waals surface area contributed by atoms with Gasteiger partial charge in [-0.2, -0.15) is 5.26 Å². The fraction of sp³-hybridized carbons (Fsp3) is 0.304. The molecule has 140 valence electrons. The van der Waals surface area contributed by atoms with Crippen LogP contribution >= 0.6 is 0 Å². The monoisotopic (exact) mass is 362 g/mol. The number of nitrogens with one attached hydrogen (secondary N) is 1. The number of hydrogen-bond donors (Lipinski definition) is 1. The van der Waals surface area contributed by atoms with Crippen LogP contribution < -0.4 is 10.1 Å². The average molecular weight is 362 g/mol. The van der Waals surface area contributed by atoms with E-state index >= 15 is 0 Å². The van der Waals surface area contributed by atoms with E-state index < -0.39 is 5.91 Å². The lowest BCUT2D eigenvalue weighted by Gasteiger charge is -2.11. The molecule has 2 rings (SSSR count). The van der Waals surface area contributed by atoms with Crippen LogP contribution in [0.3, 0.4) is 0 Å². The smallest absolute Gasteiger partial charge is 0.266 e. The summed E-state index contributed by atoms with van der Waals surface area (Å²) >= 11 is 0. The quantitative estimate of drug-likeness (QED) is 0.387. The van der Waals surface area contributed by atoms with Gasteiger partial charge in [-0.15, -0.1) is 0 Å². The molecule has 0 fully saturated rings. The van der Waals surface area contributed by atoms with Crippen LogP contribution in [0.4, 0.5) is 5.69 Å². The fourth-order valence-corrected chi connectivity index (χ4v) is 2.71. The topological polar surface area (TPSA) is 62.1 Å². The number of para-hydroxylation sites is 1. The largest absolute Gasteiger partial charge is 0.494 e. The van der Waals surface area contributed by atoms with Crippen LogP contribution in [0.2, 0.25) is 0 Å². The summed E-state index contributed by atoms with van der Waals surface area (Å²) in [6.07, 6.45) is 4.94. The molecule has 0 aliphatic heterocycles. The van der Waals surface area contributed by atoms with Gasteiger partial charge in [0.1, 0.15) is 17.4 Å². The Bertz CT molecular complexity index is 825. The van der Waals surface area contributed by atoms with E-state index in [2.05, 4.69) is 12.2 Å². The number of rotatable bonds is 8. The number of carbonyl (C=O) groups excluding carboxylic acids is 1. The Balaban J connectivity index is 2.06. The zero-order chi connectivity index (χ0) is 19.6. The van der Waals surface area contributed by atoms with Crippen LogP contribution in [0.25, 0.3) is 6.08 Å². The highest BCUT2D eigenvalue weighted by Crippen LogP contribution is 2.21. The molecule has 0 saturated carbocycles. The fourth-order valence-electron chi connectivity index (χ4n) is 2.71. The van der Waals surface area contributed by atoms with Crippen molar-refractivity contribution in [1.29, 1.82) is 5.26 Å². The molecule has 27 heavy (non-hydrogen) atoms. The molecule has 0 aliphatic rings. The Hall–Kier alpha value is -3.06. The molecule has 0 aromatic heterocycles. The van der Waals surface area contributed by atoms with Gasteiger partial charge >= 0.3 is 0 Å². The first kappa shape index (κ1) is 20.3. The highest BCUT2D eigenvalue weighted by molar-refractivity contribution is 6.10. The number of hydrogen-bond acceptors (Lipinski definition) is 3. The van der Waals surface area contributed by atoms with Gasteiger partial charge < -0.3 is 10.1 Å². The third-order valence-electron chi connectivity index (χ3n) is 4.29. The predicted octanol–water partition coefficient (Wildman–Crippen LogP) is 5.42. The number of unbranched alkanes of at least 4 members (excludes halogenated alkanes) is 2. The van der Waals surface area contributed by atoms with Crippen LogP contribution in [0, 0.1) is 25.2 Å². The molecule has 1 N–H and O–H groups in total. The maximum absolute atomic E-state index is 12.5. The van der Waals surface area contributed by atoms with Crippen molar-refractivity contribution in [3.8, 4) is 11.8 Å². The zero-order valence-corrected chi connectivity index (χ0v) is 16.2. The first-order valence-electron chi connectivity index (χ1n) is 9.27. The van der Waals surface area contributed by atoms with E-state index in [-0.39, 0.29) is 5.57 Å². The molecule has 4 heteroatoms. The number of nitriles is 1. The molecule has 0 saturated heterocycles. The first-order valence-corrected chi connectivity index (χ1v) is 9.27. The molecular formula is C23H26N2O2. The molecule has 0 unspecified atom stereocenters. The third-order valence-corrected chi connectivity index (χ3v) is 4.29. The molecule has 0 atom stereocenters. The summed E-state index contributed by atoms with van der Waals surface area (Å²) in [4.78, 5) is 12.5. The second kappa shape index (κ2) is 10.2. The summed E-state index contributed by atoms with van der Waals surface area (Å²) in [6.45, 7) is 6.71. The van der Waals surface area contributed by atoms with Crippen LogP contribution in [-0.2, 0) is 4.79 Å². The maximum atomic E-state index is 12.5. The highest BCUT2D eigenvalue weighted by atomic mass is 16.5. The van der Waals surface area contributed by atoms with Gasteiger partial charge in [0.15, 0.2) is 0 Å². The van der Waals surface area contributed by atoms with E-state index in [1.54, 1.807) is 6.08 Å². The maximum Gasteiger partial charge on any atom is 0.266 e. The molecular weight excluding hydrogens is 336 g/mol. The Morgan fingerprint density at radius 1 is 1.11 bits per heavy atom. The number of amides is 1. The minimum absolute atomic E-state index is 0.0641. The van der Waals surface area contributed by atoms with Gasteiger partial charge in [0.2, 0.25) is 0 Å². The van der Waals surface area contributed by atoms with Crippen LogP contribution in [0.15, 0.2) is 48.0 Å². The minimum Gasteiger partial charge on any atom is -0.494 e. The second-order valence-electron chi connectivity index (χ2n) is 6.52. The number of ether oxygens (including phenoxy) is 1. The average Bonchev–Trinajstić information content (AvgIpc) is 2.67. The van der Waals surface area contributed by atoms with Crippen molar-refractivity contribution < 1.29 is 9.53 Å². The van der Waals surface area contributed by atoms with E-state index in [4.69, 9.17) is 4.74 Å². The first-order chi connectivity index (χ1) is 13.0. The van der Waals surface area contributed by atoms with E-state index in [1.807, 2.05) is 62.4 Å². The number of carbonyl (C=O) groups is 1. The summed E-state index contributed by atoms with van der Waals surface area (Å²) < 4.78 is 5.68. The van der Waals surface area contributed by atoms with Gasteiger partial charge in [-0.3, -0.25) is 4.79 Å². The number of nitrogens with zero attached hydrogens (tertiary/aromatic N) is 1. The van der Waals surface area contributed by atoms with Crippen molar-refractivity contribution in [2.45, 2.75) is 40.0 Å². The lowest BCUT2D eigenvalue weighted by molar-refractivity contribution is -0.112. The molecule has 0 bridgehead atoms.